The molecule has 0 saturated carbocycles. The lowest BCUT2D eigenvalue weighted by atomic mass is 10.1. The Hall–Kier alpha value is -3.00. The van der Waals surface area contributed by atoms with Crippen LogP contribution in [-0.4, -0.2) is 30.0 Å². The number of nitrogens with one attached hydrogen (secondary N) is 1. The predicted molar refractivity (Wildman–Crippen MR) is 103 cm³/mol. The normalized spacial score (nSPS) is 11.3. The van der Waals surface area contributed by atoms with E-state index in [1.165, 1.54) is 24.3 Å². The van der Waals surface area contributed by atoms with Crippen LogP contribution in [0.25, 0.3) is 17.0 Å². The summed E-state index contributed by atoms with van der Waals surface area (Å²) in [6, 6.07) is 11.7. The Morgan fingerprint density at radius 3 is 2.75 bits per heavy atom. The summed E-state index contributed by atoms with van der Waals surface area (Å²) in [6.07, 6.45) is 3.88. The van der Waals surface area contributed by atoms with E-state index in [-0.39, 0.29) is 17.1 Å². The molecule has 0 bridgehead atoms. The molecule has 28 heavy (non-hydrogen) atoms. The number of aromatic nitrogens is 1. The van der Waals surface area contributed by atoms with Crippen molar-refractivity contribution in [3.63, 3.8) is 0 Å². The highest BCUT2D eigenvalue weighted by molar-refractivity contribution is 9.10. The fraction of sp³-hybridized carbons (Fsp3) is 0.100. The number of benzene rings is 2. The lowest BCUT2D eigenvalue weighted by Gasteiger charge is -2.08. The van der Waals surface area contributed by atoms with Gasteiger partial charge in [-0.15, -0.1) is 0 Å². The third-order valence-electron chi connectivity index (χ3n) is 3.82. The molecule has 3 rings (SSSR count). The maximum absolute atomic E-state index is 12.5. The minimum atomic E-state index is -2.99. The number of fused-ring (bicyclic) bond motifs is 1. The number of rotatable bonds is 7. The van der Waals surface area contributed by atoms with Crippen LogP contribution < -0.4 is 4.74 Å². The summed E-state index contributed by atoms with van der Waals surface area (Å²) >= 11 is 3.22. The fourth-order valence-corrected chi connectivity index (χ4v) is 2.95. The van der Waals surface area contributed by atoms with Gasteiger partial charge in [-0.25, -0.2) is 4.79 Å². The Morgan fingerprint density at radius 2 is 1.96 bits per heavy atom. The number of Topliss-reactive ketones (excluding diaryl/α,β-unsaturated/α-hetero) is 1. The summed E-state index contributed by atoms with van der Waals surface area (Å²) in [5.41, 5.74) is 1.49. The minimum Gasteiger partial charge on any atom is -0.454 e. The number of hydrogen-bond acceptors (Lipinski definition) is 4. The summed E-state index contributed by atoms with van der Waals surface area (Å²) < 4.78 is 34.9. The summed E-state index contributed by atoms with van der Waals surface area (Å²) in [5, 5.41) is 0.738. The number of ketones is 1. The molecule has 1 heterocycles. The molecule has 0 amide bonds. The van der Waals surface area contributed by atoms with Crippen molar-refractivity contribution < 1.29 is 27.8 Å². The Morgan fingerprint density at radius 1 is 1.18 bits per heavy atom. The molecule has 0 unspecified atom stereocenters. The SMILES string of the molecule is O=C(C=Cc1cc(Br)ccc1OC(F)F)OCC(=O)c1c[nH]c2ccccc12. The van der Waals surface area contributed by atoms with Crippen molar-refractivity contribution in [1.82, 2.24) is 4.98 Å². The number of esters is 1. The molecule has 1 aromatic heterocycles. The van der Waals surface area contributed by atoms with E-state index in [2.05, 4.69) is 25.7 Å². The molecule has 3 aromatic rings. The number of halogens is 3. The zero-order valence-electron chi connectivity index (χ0n) is 14.3. The van der Waals surface area contributed by atoms with E-state index in [1.54, 1.807) is 18.3 Å². The minimum absolute atomic E-state index is 0.0860. The number of carbonyl (C=O) groups excluding carboxylic acids is 2. The lowest BCUT2D eigenvalue weighted by Crippen LogP contribution is -2.12. The highest BCUT2D eigenvalue weighted by atomic mass is 79.9. The molecular weight excluding hydrogens is 436 g/mol. The van der Waals surface area contributed by atoms with Crippen molar-refractivity contribution in [1.29, 1.82) is 0 Å². The third kappa shape index (κ3) is 4.83. The number of ether oxygens (including phenoxy) is 2. The van der Waals surface area contributed by atoms with Crippen LogP contribution in [0.3, 0.4) is 0 Å². The highest BCUT2D eigenvalue weighted by Crippen LogP contribution is 2.26. The smallest absolute Gasteiger partial charge is 0.387 e. The largest absolute Gasteiger partial charge is 0.454 e. The maximum atomic E-state index is 12.5. The van der Waals surface area contributed by atoms with E-state index in [0.29, 0.717) is 10.0 Å². The molecule has 0 saturated heterocycles. The first-order valence-corrected chi connectivity index (χ1v) is 8.92. The molecule has 0 fully saturated rings. The third-order valence-corrected chi connectivity index (χ3v) is 4.32. The quantitative estimate of drug-likeness (QED) is 0.314. The van der Waals surface area contributed by atoms with Crippen molar-refractivity contribution in [3.05, 3.63) is 70.3 Å². The monoisotopic (exact) mass is 449 g/mol. The lowest BCUT2D eigenvalue weighted by molar-refractivity contribution is -0.136. The summed E-state index contributed by atoms with van der Waals surface area (Å²) in [5.74, 6) is -1.23. The van der Waals surface area contributed by atoms with Crippen molar-refractivity contribution in [2.75, 3.05) is 6.61 Å². The average molecular weight is 450 g/mol. The number of aromatic amines is 1. The molecule has 8 heteroatoms. The second-order valence-electron chi connectivity index (χ2n) is 5.67. The summed E-state index contributed by atoms with van der Waals surface area (Å²) in [7, 11) is 0. The van der Waals surface area contributed by atoms with Crippen LogP contribution in [-0.2, 0) is 9.53 Å². The Balaban J connectivity index is 1.64. The van der Waals surface area contributed by atoms with Gasteiger partial charge in [0.25, 0.3) is 0 Å². The van der Waals surface area contributed by atoms with Gasteiger partial charge in [-0.05, 0) is 30.3 Å². The molecule has 0 atom stereocenters. The highest BCUT2D eigenvalue weighted by Gasteiger charge is 2.14. The molecule has 0 aliphatic carbocycles. The number of alkyl halides is 2. The Labute approximate surface area is 167 Å². The van der Waals surface area contributed by atoms with Crippen LogP contribution in [0.15, 0.2) is 59.2 Å². The van der Waals surface area contributed by atoms with Crippen LogP contribution in [0.4, 0.5) is 8.78 Å². The molecule has 0 aliphatic heterocycles. The van der Waals surface area contributed by atoms with Crippen LogP contribution >= 0.6 is 15.9 Å². The van der Waals surface area contributed by atoms with Gasteiger partial charge >= 0.3 is 12.6 Å². The van der Waals surface area contributed by atoms with Crippen LogP contribution in [0, 0.1) is 0 Å². The first-order chi connectivity index (χ1) is 13.4. The van der Waals surface area contributed by atoms with Crippen molar-refractivity contribution in [2.45, 2.75) is 6.61 Å². The molecule has 144 valence electrons. The molecular formula is C20H14BrF2NO4. The molecule has 1 N–H and O–H groups in total. The van der Waals surface area contributed by atoms with Crippen LogP contribution in [0.5, 0.6) is 5.75 Å². The number of H-pyrrole nitrogens is 1. The van der Waals surface area contributed by atoms with E-state index < -0.39 is 19.2 Å². The molecule has 0 radical (unpaired) electrons. The molecule has 0 aliphatic rings. The van der Waals surface area contributed by atoms with E-state index >= 15 is 0 Å². The number of para-hydroxylation sites is 1. The van der Waals surface area contributed by atoms with Crippen molar-refractivity contribution in [2.24, 2.45) is 0 Å². The van der Waals surface area contributed by atoms with Gasteiger partial charge in [0.05, 0.1) is 0 Å². The van der Waals surface area contributed by atoms with Crippen LogP contribution in [0.1, 0.15) is 15.9 Å². The van der Waals surface area contributed by atoms with Gasteiger partial charge in [-0.2, -0.15) is 8.78 Å². The molecule has 0 spiro atoms. The summed E-state index contributed by atoms with van der Waals surface area (Å²) in [4.78, 5) is 27.2. The summed E-state index contributed by atoms with van der Waals surface area (Å²) in [6.45, 7) is -3.43. The maximum Gasteiger partial charge on any atom is 0.387 e. The second kappa shape index (κ2) is 8.79. The topological polar surface area (TPSA) is 68.4 Å². The predicted octanol–water partition coefficient (Wildman–Crippen LogP) is 4.97. The van der Waals surface area contributed by atoms with Gasteiger partial charge in [-0.1, -0.05) is 34.1 Å². The van der Waals surface area contributed by atoms with E-state index in [1.807, 2.05) is 12.1 Å². The van der Waals surface area contributed by atoms with Gasteiger partial charge in [0.1, 0.15) is 5.75 Å². The van der Waals surface area contributed by atoms with E-state index in [0.717, 1.165) is 17.0 Å². The average Bonchev–Trinajstić information content (AvgIpc) is 3.10. The van der Waals surface area contributed by atoms with Gasteiger partial charge in [-0.3, -0.25) is 4.79 Å². The van der Waals surface area contributed by atoms with E-state index in [9.17, 15) is 18.4 Å². The fourth-order valence-electron chi connectivity index (χ4n) is 2.58. The second-order valence-corrected chi connectivity index (χ2v) is 6.59. The Kier molecular flexibility index (Phi) is 6.20. The zero-order valence-corrected chi connectivity index (χ0v) is 15.9. The van der Waals surface area contributed by atoms with E-state index in [4.69, 9.17) is 4.74 Å². The van der Waals surface area contributed by atoms with Crippen molar-refractivity contribution in [3.8, 4) is 5.75 Å². The van der Waals surface area contributed by atoms with Gasteiger partial charge in [0.15, 0.2) is 6.61 Å². The number of carbonyl (C=O) groups is 2. The first kappa shape index (κ1) is 19.8. The molecule has 2 aromatic carbocycles. The van der Waals surface area contributed by atoms with Crippen LogP contribution in [0.2, 0.25) is 0 Å². The van der Waals surface area contributed by atoms with Gasteiger partial charge in [0, 0.05) is 38.8 Å². The van der Waals surface area contributed by atoms with Gasteiger partial charge in [0.2, 0.25) is 5.78 Å². The van der Waals surface area contributed by atoms with Crippen molar-refractivity contribution >= 4 is 44.7 Å². The first-order valence-electron chi connectivity index (χ1n) is 8.12. The Bertz CT molecular complexity index is 1050. The molecule has 5 nitrogen and oxygen atoms in total. The number of hydrogen-bond donors (Lipinski definition) is 1. The standard InChI is InChI=1S/C20H14BrF2NO4/c21-13-6-7-18(28-20(22)23)12(9-13)5-8-19(26)27-11-17(25)15-10-24-16-4-2-1-3-14(15)16/h1-10,20,24H,11H2. The van der Waals surface area contributed by atoms with Gasteiger partial charge < -0.3 is 14.5 Å². The zero-order chi connectivity index (χ0) is 20.1.